The first-order chi connectivity index (χ1) is 19.0. The molecule has 224 valence electrons. The summed E-state index contributed by atoms with van der Waals surface area (Å²) in [5, 5.41) is 9.82. The van der Waals surface area contributed by atoms with Gasteiger partial charge in [-0.15, -0.1) is 0 Å². The number of nitrogens with zero attached hydrogens (tertiary/aromatic N) is 6. The lowest BCUT2D eigenvalue weighted by molar-refractivity contribution is -0.0401. The van der Waals surface area contributed by atoms with Gasteiger partial charge in [0.25, 0.3) is 0 Å². The van der Waals surface area contributed by atoms with E-state index in [4.69, 9.17) is 19.3 Å². The van der Waals surface area contributed by atoms with Crippen LogP contribution in [-0.2, 0) is 14.2 Å². The average molecular weight is 599 g/mol. The number of rotatable bonds is 11. The first-order valence-corrected chi connectivity index (χ1v) is 14.7. The van der Waals surface area contributed by atoms with E-state index in [2.05, 4.69) is 19.9 Å². The number of aliphatic hydroxyl groups is 1. The zero-order valence-corrected chi connectivity index (χ0v) is 26.6. The molecule has 0 radical (unpaired) electrons. The number of likely N-dealkylation sites (N-methyl/N-ethyl adjacent to an activating group) is 1. The Morgan fingerprint density at radius 3 is 1.82 bits per heavy atom. The van der Waals surface area contributed by atoms with Gasteiger partial charge in [-0.05, 0) is 53.5 Å². The molecule has 0 aliphatic rings. The molecule has 0 saturated heterocycles. The van der Waals surface area contributed by atoms with Crippen LogP contribution in [0.5, 0.6) is 0 Å². The molecule has 12 nitrogen and oxygen atoms in total. The lowest BCUT2D eigenvalue weighted by atomic mass is 10.2. The highest BCUT2D eigenvalue weighted by molar-refractivity contribution is 7.98. The number of thioether (sulfide) groups is 2. The van der Waals surface area contributed by atoms with E-state index in [0.29, 0.717) is 46.0 Å². The number of aromatic nitrogens is 4. The van der Waals surface area contributed by atoms with E-state index in [9.17, 15) is 9.59 Å². The Morgan fingerprint density at radius 1 is 0.950 bits per heavy atom. The van der Waals surface area contributed by atoms with Crippen molar-refractivity contribution in [2.45, 2.75) is 37.3 Å². The molecule has 2 aromatic rings. The summed E-state index contributed by atoms with van der Waals surface area (Å²) in [6, 6.07) is 0. The van der Waals surface area contributed by atoms with Gasteiger partial charge in [-0.3, -0.25) is 4.90 Å². The molecule has 40 heavy (non-hydrogen) atoms. The number of ether oxygens (including phenoxy) is 3. The fourth-order valence-corrected chi connectivity index (χ4v) is 3.33. The lowest BCUT2D eigenvalue weighted by Crippen LogP contribution is -2.32. The third-order valence-corrected chi connectivity index (χ3v) is 5.77. The van der Waals surface area contributed by atoms with E-state index < -0.39 is 5.97 Å². The lowest BCUT2D eigenvalue weighted by Gasteiger charge is -2.19. The first-order valence-electron chi connectivity index (χ1n) is 12.3. The third-order valence-electron chi connectivity index (χ3n) is 4.64. The minimum atomic E-state index is -0.399. The predicted molar refractivity (Wildman–Crippen MR) is 159 cm³/mol. The fourth-order valence-electron chi connectivity index (χ4n) is 2.59. The minimum absolute atomic E-state index is 0.0451. The van der Waals surface area contributed by atoms with Crippen LogP contribution in [0.1, 0.15) is 46.0 Å². The van der Waals surface area contributed by atoms with Crippen LogP contribution >= 0.6 is 23.5 Å². The summed E-state index contributed by atoms with van der Waals surface area (Å²) in [5.41, 5.74) is 2.04. The molecule has 2 aromatic heterocycles. The number of esters is 2. The van der Waals surface area contributed by atoms with Crippen molar-refractivity contribution < 1.29 is 28.9 Å². The standard InChI is InChI=1S/C12H17N3O2S.C9H12N2O2S.C5H13NO2/c1-5-17-11(16)9-8-13-12(18-4)14-10(9)6-7-15(2)3;1-4-13-8(12)7-5-10-9(14-3)11-6(7)2;1-6(2)5(4-7)8-3/h6-8H,5H2,1-4H3;5H,4H2,1-3H3;5,7H,4H2,1-3H3/b7-6+;;. The molecule has 1 atom stereocenters. The van der Waals surface area contributed by atoms with Crippen molar-refractivity contribution in [1.82, 2.24) is 29.7 Å². The number of hydrogen-bond acceptors (Lipinski definition) is 14. The van der Waals surface area contributed by atoms with Crippen molar-refractivity contribution in [1.29, 1.82) is 0 Å². The predicted octanol–water partition coefficient (Wildman–Crippen LogP) is 3.10. The van der Waals surface area contributed by atoms with Crippen molar-refractivity contribution in [3.63, 3.8) is 0 Å². The largest absolute Gasteiger partial charge is 0.462 e. The van der Waals surface area contributed by atoms with Gasteiger partial charge in [-0.25, -0.2) is 29.5 Å². The molecule has 0 aliphatic carbocycles. The smallest absolute Gasteiger partial charge is 0.341 e. The summed E-state index contributed by atoms with van der Waals surface area (Å²) in [7, 11) is 9.07. The van der Waals surface area contributed by atoms with Gasteiger partial charge >= 0.3 is 11.9 Å². The summed E-state index contributed by atoms with van der Waals surface area (Å²) < 4.78 is 14.7. The van der Waals surface area contributed by atoms with E-state index in [0.717, 1.165) is 0 Å². The number of carbonyl (C=O) groups excluding carboxylic acids is 2. The number of carbonyl (C=O) groups is 2. The SMILES string of the molecule is CCOC(=O)c1cnc(SC)nc1/C=C/N(C)C.CCOC(=O)c1cnc(SC)nc1C.COC(CO)N(C)C. The monoisotopic (exact) mass is 598 g/mol. The van der Waals surface area contributed by atoms with Gasteiger partial charge in [0.1, 0.15) is 11.8 Å². The molecule has 0 spiro atoms. The Morgan fingerprint density at radius 2 is 1.45 bits per heavy atom. The highest BCUT2D eigenvalue weighted by Crippen LogP contribution is 2.15. The van der Waals surface area contributed by atoms with Crippen molar-refractivity contribution in [3.05, 3.63) is 41.1 Å². The topological polar surface area (TPSA) is 140 Å². The average Bonchev–Trinajstić information content (AvgIpc) is 2.93. The molecule has 14 heteroatoms. The van der Waals surface area contributed by atoms with E-state index >= 15 is 0 Å². The Balaban J connectivity index is 0.000000614. The van der Waals surface area contributed by atoms with Gasteiger partial charge in [0.2, 0.25) is 0 Å². The molecule has 0 aromatic carbocycles. The molecule has 0 aliphatic heterocycles. The summed E-state index contributed by atoms with van der Waals surface area (Å²) in [6.07, 6.45) is 10.2. The van der Waals surface area contributed by atoms with Crippen molar-refractivity contribution in [2.24, 2.45) is 0 Å². The van der Waals surface area contributed by atoms with E-state index in [1.165, 1.54) is 35.9 Å². The summed E-state index contributed by atoms with van der Waals surface area (Å²) in [4.78, 5) is 43.3. The maximum absolute atomic E-state index is 11.8. The highest BCUT2D eigenvalue weighted by Gasteiger charge is 2.14. The van der Waals surface area contributed by atoms with E-state index in [-0.39, 0.29) is 18.8 Å². The number of hydrogen-bond donors (Lipinski definition) is 1. The highest BCUT2D eigenvalue weighted by atomic mass is 32.2. The fraction of sp³-hybridized carbons (Fsp3) is 0.538. The quantitative estimate of drug-likeness (QED) is 0.175. The Bertz CT molecular complexity index is 1070. The van der Waals surface area contributed by atoms with Crippen LogP contribution in [0.15, 0.2) is 28.9 Å². The van der Waals surface area contributed by atoms with Crippen LogP contribution < -0.4 is 0 Å². The van der Waals surface area contributed by atoms with Gasteiger partial charge < -0.3 is 24.2 Å². The Hall–Kier alpha value is -2.78. The van der Waals surface area contributed by atoms with Gasteiger partial charge in [-0.2, -0.15) is 0 Å². The number of aryl methyl sites for hydroxylation is 1. The summed E-state index contributed by atoms with van der Waals surface area (Å²) in [6.45, 7) is 6.05. The zero-order chi connectivity index (χ0) is 30.7. The molecule has 0 bridgehead atoms. The van der Waals surface area contributed by atoms with Gasteiger partial charge in [-0.1, -0.05) is 23.5 Å². The molecule has 2 heterocycles. The molecule has 0 saturated carbocycles. The Kier molecular flexibility index (Phi) is 19.6. The molecular weight excluding hydrogens is 556 g/mol. The van der Waals surface area contributed by atoms with E-state index in [1.54, 1.807) is 38.9 Å². The second-order valence-corrected chi connectivity index (χ2v) is 9.62. The van der Waals surface area contributed by atoms with Crippen molar-refractivity contribution >= 4 is 41.5 Å². The van der Waals surface area contributed by atoms with Crippen molar-refractivity contribution in [3.8, 4) is 0 Å². The molecule has 0 fully saturated rings. The second kappa shape index (κ2) is 21.0. The van der Waals surface area contributed by atoms with Crippen LogP contribution in [0.25, 0.3) is 6.08 Å². The second-order valence-electron chi connectivity index (χ2n) is 8.07. The molecule has 0 amide bonds. The number of methoxy groups -OCH3 is 1. The normalized spacial score (nSPS) is 11.2. The van der Waals surface area contributed by atoms with Crippen LogP contribution in [0.2, 0.25) is 0 Å². The third kappa shape index (κ3) is 14.0. The van der Waals surface area contributed by atoms with Crippen LogP contribution in [0.3, 0.4) is 0 Å². The van der Waals surface area contributed by atoms with Crippen molar-refractivity contribution in [2.75, 3.05) is 67.6 Å². The van der Waals surface area contributed by atoms with Crippen LogP contribution in [0.4, 0.5) is 0 Å². The number of aliphatic hydroxyl groups excluding tert-OH is 1. The zero-order valence-electron chi connectivity index (χ0n) is 25.0. The summed E-state index contributed by atoms with van der Waals surface area (Å²) in [5.74, 6) is -0.763. The first kappa shape index (κ1) is 37.2. The van der Waals surface area contributed by atoms with Gasteiger partial charge in [0.15, 0.2) is 10.3 Å². The molecule has 2 rings (SSSR count). The maximum atomic E-state index is 11.8. The maximum Gasteiger partial charge on any atom is 0.341 e. The molecule has 1 unspecified atom stereocenters. The minimum Gasteiger partial charge on any atom is -0.462 e. The Labute approximate surface area is 245 Å². The van der Waals surface area contributed by atoms with Gasteiger partial charge in [0, 0.05) is 39.8 Å². The molecule has 1 N–H and O–H groups in total. The van der Waals surface area contributed by atoms with Crippen LogP contribution in [-0.4, -0.2) is 121 Å². The summed E-state index contributed by atoms with van der Waals surface area (Å²) >= 11 is 2.87. The molecular formula is C26H42N6O6S2. The van der Waals surface area contributed by atoms with E-state index in [1.807, 2.05) is 51.8 Å². The van der Waals surface area contributed by atoms with Crippen LogP contribution in [0, 0.1) is 6.92 Å². The van der Waals surface area contributed by atoms with Gasteiger partial charge in [0.05, 0.1) is 36.8 Å².